The number of hydrazone groups is 1. The van der Waals surface area contributed by atoms with Crippen LogP contribution < -0.4 is 5.32 Å². The summed E-state index contributed by atoms with van der Waals surface area (Å²) in [5.41, 5.74) is 0.450. The molecule has 1 N–H and O–H groups in total. The van der Waals surface area contributed by atoms with E-state index < -0.39 is 17.7 Å². The first-order valence-electron chi connectivity index (χ1n) is 7.97. The van der Waals surface area contributed by atoms with Crippen molar-refractivity contribution < 1.29 is 13.6 Å². The second-order valence-corrected chi connectivity index (χ2v) is 6.49. The smallest absolute Gasteiger partial charge is 0.246 e. The summed E-state index contributed by atoms with van der Waals surface area (Å²) in [6, 6.07) is 2.97. The first-order valence-corrected chi connectivity index (χ1v) is 7.97. The van der Waals surface area contributed by atoms with E-state index in [0.717, 1.165) is 19.0 Å². The topological polar surface area (TPSA) is 44.7 Å². The lowest BCUT2D eigenvalue weighted by Crippen LogP contribution is -2.49. The molecule has 1 aliphatic carbocycles. The summed E-state index contributed by atoms with van der Waals surface area (Å²) >= 11 is 0. The Morgan fingerprint density at radius 3 is 2.65 bits per heavy atom. The van der Waals surface area contributed by atoms with Gasteiger partial charge in [0.25, 0.3) is 0 Å². The van der Waals surface area contributed by atoms with Crippen molar-refractivity contribution >= 4 is 12.1 Å². The minimum absolute atomic E-state index is 0.0487. The molecule has 23 heavy (non-hydrogen) atoms. The predicted octanol–water partition coefficient (Wildman–Crippen LogP) is 2.72. The monoisotopic (exact) mass is 321 g/mol. The van der Waals surface area contributed by atoms with Gasteiger partial charge in [-0.25, -0.2) is 13.8 Å². The van der Waals surface area contributed by atoms with E-state index in [1.54, 1.807) is 6.21 Å². The number of carbonyl (C=O) groups excluding carboxylic acids is 1. The summed E-state index contributed by atoms with van der Waals surface area (Å²) in [5.74, 6) is -0.801. The molecule has 1 aromatic rings. The number of hydrogen-bond acceptors (Lipinski definition) is 3. The Hall–Kier alpha value is -1.82. The summed E-state index contributed by atoms with van der Waals surface area (Å²) in [5, 5.41) is 8.71. The van der Waals surface area contributed by atoms with Crippen LogP contribution in [0, 0.1) is 29.4 Å². The van der Waals surface area contributed by atoms with Crippen LogP contribution in [0.4, 0.5) is 8.78 Å². The minimum Gasteiger partial charge on any atom is -0.319 e. The lowest BCUT2D eigenvalue weighted by molar-refractivity contribution is -0.146. The number of amides is 1. The van der Waals surface area contributed by atoms with Crippen molar-refractivity contribution in [2.24, 2.45) is 22.9 Å². The SMILES string of the molecule is CNCC1CC(C)C1C(=O)N1N=CCC1c1cc(F)cc(F)c1. The van der Waals surface area contributed by atoms with Gasteiger partial charge < -0.3 is 5.32 Å². The van der Waals surface area contributed by atoms with E-state index in [4.69, 9.17) is 0 Å². The maximum absolute atomic E-state index is 13.5. The van der Waals surface area contributed by atoms with Crippen LogP contribution in [0.2, 0.25) is 0 Å². The van der Waals surface area contributed by atoms with Gasteiger partial charge in [-0.15, -0.1) is 0 Å². The Morgan fingerprint density at radius 2 is 2.04 bits per heavy atom. The third-order valence-electron chi connectivity index (χ3n) is 4.87. The van der Waals surface area contributed by atoms with E-state index in [1.807, 2.05) is 7.05 Å². The first-order chi connectivity index (χ1) is 11.0. The summed E-state index contributed by atoms with van der Waals surface area (Å²) in [4.78, 5) is 12.9. The van der Waals surface area contributed by atoms with Gasteiger partial charge in [0.15, 0.2) is 0 Å². The number of benzene rings is 1. The van der Waals surface area contributed by atoms with Crippen LogP contribution in [0.5, 0.6) is 0 Å². The van der Waals surface area contributed by atoms with Crippen LogP contribution in [-0.4, -0.2) is 30.7 Å². The largest absolute Gasteiger partial charge is 0.319 e. The summed E-state index contributed by atoms with van der Waals surface area (Å²) in [6.45, 7) is 2.85. The highest BCUT2D eigenvalue weighted by Crippen LogP contribution is 2.43. The molecule has 0 saturated heterocycles. The highest BCUT2D eigenvalue weighted by atomic mass is 19.1. The second kappa shape index (κ2) is 6.35. The third kappa shape index (κ3) is 3.00. The Labute approximate surface area is 134 Å². The van der Waals surface area contributed by atoms with Crippen molar-refractivity contribution in [3.8, 4) is 0 Å². The highest BCUT2D eigenvalue weighted by Gasteiger charge is 2.46. The van der Waals surface area contributed by atoms with Gasteiger partial charge in [0, 0.05) is 24.6 Å². The van der Waals surface area contributed by atoms with Gasteiger partial charge in [0.2, 0.25) is 5.91 Å². The van der Waals surface area contributed by atoms with Gasteiger partial charge in [-0.1, -0.05) is 6.92 Å². The van der Waals surface area contributed by atoms with Crippen LogP contribution in [0.1, 0.15) is 31.4 Å². The molecule has 2 aliphatic rings. The van der Waals surface area contributed by atoms with Gasteiger partial charge in [-0.2, -0.15) is 5.10 Å². The molecule has 6 heteroatoms. The number of hydrogen-bond donors (Lipinski definition) is 1. The predicted molar refractivity (Wildman–Crippen MR) is 83.7 cm³/mol. The summed E-state index contributed by atoms with van der Waals surface area (Å²) in [7, 11) is 1.87. The van der Waals surface area contributed by atoms with E-state index >= 15 is 0 Å². The van der Waals surface area contributed by atoms with E-state index in [2.05, 4.69) is 17.3 Å². The average Bonchev–Trinajstić information content (AvgIpc) is 2.95. The molecule has 1 fully saturated rings. The summed E-state index contributed by atoms with van der Waals surface area (Å²) in [6.07, 6.45) is 3.13. The lowest BCUT2D eigenvalue weighted by atomic mass is 9.65. The zero-order chi connectivity index (χ0) is 16.6. The standard InChI is InChI=1S/C17H21F2N3O/c1-10-5-12(9-20-2)16(10)17(23)22-15(3-4-21-22)11-6-13(18)8-14(19)7-11/h4,6-8,10,12,15-16,20H,3,5,9H2,1-2H3. The van der Waals surface area contributed by atoms with Crippen LogP contribution in [0.3, 0.4) is 0 Å². The molecule has 1 aliphatic heterocycles. The molecule has 0 bridgehead atoms. The zero-order valence-corrected chi connectivity index (χ0v) is 13.3. The molecule has 0 spiro atoms. The molecule has 4 nitrogen and oxygen atoms in total. The molecule has 1 heterocycles. The Morgan fingerprint density at radius 1 is 1.35 bits per heavy atom. The minimum atomic E-state index is -0.635. The van der Waals surface area contributed by atoms with Crippen molar-refractivity contribution in [1.82, 2.24) is 10.3 Å². The number of carbonyl (C=O) groups is 1. The maximum Gasteiger partial charge on any atom is 0.246 e. The van der Waals surface area contributed by atoms with Gasteiger partial charge >= 0.3 is 0 Å². The quantitative estimate of drug-likeness (QED) is 0.927. The highest BCUT2D eigenvalue weighted by molar-refractivity contribution is 5.83. The van der Waals surface area contributed by atoms with Crippen LogP contribution in [0.25, 0.3) is 0 Å². The first kappa shape index (κ1) is 16.1. The van der Waals surface area contributed by atoms with Crippen molar-refractivity contribution in [3.05, 3.63) is 35.4 Å². The van der Waals surface area contributed by atoms with Crippen LogP contribution >= 0.6 is 0 Å². The van der Waals surface area contributed by atoms with E-state index in [9.17, 15) is 13.6 Å². The number of nitrogens with one attached hydrogen (secondary N) is 1. The number of halogens is 2. The Bertz CT molecular complexity index is 612. The lowest BCUT2D eigenvalue weighted by Gasteiger charge is -2.43. The molecule has 3 rings (SSSR count). The van der Waals surface area contributed by atoms with Crippen molar-refractivity contribution in [1.29, 1.82) is 0 Å². The molecular formula is C17H21F2N3O. The second-order valence-electron chi connectivity index (χ2n) is 6.49. The van der Waals surface area contributed by atoms with Crippen molar-refractivity contribution in [2.45, 2.75) is 25.8 Å². The molecular weight excluding hydrogens is 300 g/mol. The molecule has 124 valence electrons. The fourth-order valence-corrected chi connectivity index (χ4v) is 3.78. The van der Waals surface area contributed by atoms with Crippen LogP contribution in [0.15, 0.2) is 23.3 Å². The molecule has 1 saturated carbocycles. The zero-order valence-electron chi connectivity index (χ0n) is 13.3. The van der Waals surface area contributed by atoms with Crippen molar-refractivity contribution in [3.63, 3.8) is 0 Å². The van der Waals surface area contributed by atoms with E-state index in [0.29, 0.717) is 23.8 Å². The van der Waals surface area contributed by atoms with Gasteiger partial charge in [0.1, 0.15) is 11.6 Å². The van der Waals surface area contributed by atoms with Gasteiger partial charge in [-0.3, -0.25) is 4.79 Å². The Balaban J connectivity index is 1.80. The normalized spacial score (nSPS) is 29.7. The third-order valence-corrected chi connectivity index (χ3v) is 4.87. The van der Waals surface area contributed by atoms with Gasteiger partial charge in [-0.05, 0) is 49.5 Å². The fraction of sp³-hybridized carbons (Fsp3) is 0.529. The molecule has 4 atom stereocenters. The fourth-order valence-electron chi connectivity index (χ4n) is 3.78. The number of nitrogens with zero attached hydrogens (tertiary/aromatic N) is 2. The van der Waals surface area contributed by atoms with Crippen LogP contribution in [-0.2, 0) is 4.79 Å². The Kier molecular flexibility index (Phi) is 4.43. The molecule has 1 amide bonds. The molecule has 4 unspecified atom stereocenters. The van der Waals surface area contributed by atoms with E-state index in [1.165, 1.54) is 17.1 Å². The maximum atomic E-state index is 13.5. The molecule has 0 radical (unpaired) electrons. The van der Waals surface area contributed by atoms with Gasteiger partial charge in [0.05, 0.1) is 6.04 Å². The molecule has 1 aromatic carbocycles. The average molecular weight is 321 g/mol. The molecule has 0 aromatic heterocycles. The van der Waals surface area contributed by atoms with Crippen molar-refractivity contribution in [2.75, 3.05) is 13.6 Å². The number of rotatable bonds is 4. The summed E-state index contributed by atoms with van der Waals surface area (Å²) < 4.78 is 27.0. The van der Waals surface area contributed by atoms with E-state index in [-0.39, 0.29) is 11.8 Å².